The Morgan fingerprint density at radius 3 is 2.38 bits per heavy atom. The monoisotopic (exact) mass is 170 g/mol. The third kappa shape index (κ3) is 2.12. The fourth-order valence-corrected chi connectivity index (χ4v) is 1.24. The molecule has 0 amide bonds. The summed E-state index contributed by atoms with van der Waals surface area (Å²) in [5.41, 5.74) is 2.50. The van der Waals surface area contributed by atoms with Crippen LogP contribution in [0, 0.1) is 0 Å². The van der Waals surface area contributed by atoms with Gasteiger partial charge in [-0.25, -0.2) is 0 Å². The van der Waals surface area contributed by atoms with Crippen molar-refractivity contribution in [3.8, 4) is 0 Å². The first kappa shape index (κ1) is 7.92. The van der Waals surface area contributed by atoms with Crippen molar-refractivity contribution in [2.45, 2.75) is 6.42 Å². The van der Waals surface area contributed by atoms with E-state index in [1.807, 2.05) is 36.8 Å². The van der Waals surface area contributed by atoms with Crippen LogP contribution in [0.15, 0.2) is 49.1 Å². The average molecular weight is 170 g/mol. The van der Waals surface area contributed by atoms with Gasteiger partial charge in [0.25, 0.3) is 0 Å². The highest BCUT2D eigenvalue weighted by atomic mass is 14.6. The van der Waals surface area contributed by atoms with E-state index in [0.29, 0.717) is 0 Å². The molecular formula is C11H10N2. The largest absolute Gasteiger partial charge is 0.265 e. The van der Waals surface area contributed by atoms with Crippen molar-refractivity contribution in [1.29, 1.82) is 0 Å². The van der Waals surface area contributed by atoms with Crippen molar-refractivity contribution >= 4 is 0 Å². The van der Waals surface area contributed by atoms with Gasteiger partial charge in [-0.2, -0.15) is 0 Å². The van der Waals surface area contributed by atoms with E-state index in [0.717, 1.165) is 6.42 Å². The Balaban J connectivity index is 2.16. The second kappa shape index (κ2) is 3.81. The van der Waals surface area contributed by atoms with E-state index < -0.39 is 0 Å². The van der Waals surface area contributed by atoms with Crippen molar-refractivity contribution < 1.29 is 0 Å². The lowest BCUT2D eigenvalue weighted by atomic mass is 10.1. The summed E-state index contributed by atoms with van der Waals surface area (Å²) < 4.78 is 0. The summed E-state index contributed by atoms with van der Waals surface area (Å²) in [5, 5.41) is 0. The molecule has 0 unspecified atom stereocenters. The third-order valence-electron chi connectivity index (χ3n) is 1.88. The third-order valence-corrected chi connectivity index (χ3v) is 1.88. The van der Waals surface area contributed by atoms with Crippen molar-refractivity contribution in [2.24, 2.45) is 0 Å². The molecule has 0 atom stereocenters. The number of nitrogens with zero attached hydrogens (tertiary/aromatic N) is 2. The molecule has 0 aliphatic heterocycles. The van der Waals surface area contributed by atoms with Crippen LogP contribution in [0.25, 0.3) is 0 Å². The van der Waals surface area contributed by atoms with Gasteiger partial charge in [-0.3, -0.25) is 9.97 Å². The molecule has 0 aliphatic carbocycles. The fraction of sp³-hybridized carbons (Fsp3) is 0.0909. The smallest absolute Gasteiger partial charge is 0.0303 e. The molecule has 0 radical (unpaired) electrons. The maximum absolute atomic E-state index is 4.07. The van der Waals surface area contributed by atoms with Crippen molar-refractivity contribution in [3.05, 3.63) is 60.2 Å². The maximum atomic E-state index is 4.07. The first-order valence-electron chi connectivity index (χ1n) is 4.23. The normalized spacial score (nSPS) is 9.85. The van der Waals surface area contributed by atoms with Crippen molar-refractivity contribution in [1.82, 2.24) is 9.97 Å². The zero-order valence-electron chi connectivity index (χ0n) is 7.22. The van der Waals surface area contributed by atoms with Gasteiger partial charge >= 0.3 is 0 Å². The Labute approximate surface area is 77.3 Å². The molecule has 2 aromatic rings. The molecular weight excluding hydrogens is 160 g/mol. The van der Waals surface area contributed by atoms with Gasteiger partial charge in [0, 0.05) is 24.8 Å². The van der Waals surface area contributed by atoms with Crippen LogP contribution < -0.4 is 0 Å². The summed E-state index contributed by atoms with van der Waals surface area (Å²) in [4.78, 5) is 8.04. The molecule has 13 heavy (non-hydrogen) atoms. The lowest BCUT2D eigenvalue weighted by molar-refractivity contribution is 1.13. The molecule has 0 spiro atoms. The molecule has 0 bridgehead atoms. The van der Waals surface area contributed by atoms with Crippen molar-refractivity contribution in [3.63, 3.8) is 0 Å². The van der Waals surface area contributed by atoms with E-state index >= 15 is 0 Å². The standard InChI is InChI=1S/C11H10N2/c1-2-11(9-13-5-1)8-10-3-6-12-7-4-10/h1-7,9H,8H2. The summed E-state index contributed by atoms with van der Waals surface area (Å²) in [5.74, 6) is 0. The van der Waals surface area contributed by atoms with Crippen LogP contribution in [0.1, 0.15) is 11.1 Å². The average Bonchev–Trinajstić information content (AvgIpc) is 2.21. The van der Waals surface area contributed by atoms with E-state index in [4.69, 9.17) is 0 Å². The molecule has 64 valence electrons. The Morgan fingerprint density at radius 2 is 1.69 bits per heavy atom. The summed E-state index contributed by atoms with van der Waals surface area (Å²) >= 11 is 0. The van der Waals surface area contributed by atoms with Gasteiger partial charge in [-0.05, 0) is 35.7 Å². The Hall–Kier alpha value is -1.70. The molecule has 2 nitrogen and oxygen atoms in total. The predicted molar refractivity (Wildman–Crippen MR) is 51.3 cm³/mol. The molecule has 2 heterocycles. The number of rotatable bonds is 2. The highest BCUT2D eigenvalue weighted by Gasteiger charge is 1.93. The van der Waals surface area contributed by atoms with E-state index in [-0.39, 0.29) is 0 Å². The van der Waals surface area contributed by atoms with Gasteiger partial charge in [0.15, 0.2) is 0 Å². The topological polar surface area (TPSA) is 25.8 Å². The minimum atomic E-state index is 0.927. The van der Waals surface area contributed by atoms with E-state index in [9.17, 15) is 0 Å². The Morgan fingerprint density at radius 1 is 0.846 bits per heavy atom. The van der Waals surface area contributed by atoms with Crippen LogP contribution >= 0.6 is 0 Å². The Bertz CT molecular complexity index is 319. The molecule has 0 fully saturated rings. The molecule has 0 saturated carbocycles. The van der Waals surface area contributed by atoms with Crippen LogP contribution in [-0.4, -0.2) is 9.97 Å². The summed E-state index contributed by atoms with van der Waals surface area (Å²) in [6.07, 6.45) is 8.23. The second-order valence-electron chi connectivity index (χ2n) is 2.89. The van der Waals surface area contributed by atoms with E-state index in [2.05, 4.69) is 16.0 Å². The number of pyridine rings is 2. The molecule has 0 N–H and O–H groups in total. The van der Waals surface area contributed by atoms with Crippen LogP contribution in [0.3, 0.4) is 0 Å². The molecule has 0 aliphatic rings. The van der Waals surface area contributed by atoms with E-state index in [1.54, 1.807) is 6.20 Å². The van der Waals surface area contributed by atoms with Gasteiger partial charge in [-0.1, -0.05) is 6.07 Å². The SMILES string of the molecule is c1cncc(Cc2ccncc2)c1. The highest BCUT2D eigenvalue weighted by Crippen LogP contribution is 2.05. The molecule has 0 aromatic carbocycles. The minimum absolute atomic E-state index is 0.927. The Kier molecular flexibility index (Phi) is 2.32. The van der Waals surface area contributed by atoms with Crippen LogP contribution in [-0.2, 0) is 6.42 Å². The zero-order valence-corrected chi connectivity index (χ0v) is 7.22. The molecule has 2 aromatic heterocycles. The van der Waals surface area contributed by atoms with Gasteiger partial charge in [0.05, 0.1) is 0 Å². The molecule has 2 heteroatoms. The van der Waals surface area contributed by atoms with Gasteiger partial charge in [0.1, 0.15) is 0 Å². The highest BCUT2D eigenvalue weighted by molar-refractivity contribution is 5.21. The van der Waals surface area contributed by atoms with E-state index in [1.165, 1.54) is 11.1 Å². The fourth-order valence-electron chi connectivity index (χ4n) is 1.24. The number of hydrogen-bond acceptors (Lipinski definition) is 2. The van der Waals surface area contributed by atoms with Gasteiger partial charge in [0.2, 0.25) is 0 Å². The predicted octanol–water partition coefficient (Wildman–Crippen LogP) is 2.07. The van der Waals surface area contributed by atoms with Gasteiger partial charge < -0.3 is 0 Å². The van der Waals surface area contributed by atoms with Crippen molar-refractivity contribution in [2.75, 3.05) is 0 Å². The first-order valence-corrected chi connectivity index (χ1v) is 4.23. The second-order valence-corrected chi connectivity index (χ2v) is 2.89. The lowest BCUT2D eigenvalue weighted by Gasteiger charge is -1.99. The number of hydrogen-bond donors (Lipinski definition) is 0. The lowest BCUT2D eigenvalue weighted by Crippen LogP contribution is -1.88. The minimum Gasteiger partial charge on any atom is -0.265 e. The summed E-state index contributed by atoms with van der Waals surface area (Å²) in [6, 6.07) is 8.07. The number of aromatic nitrogens is 2. The first-order chi connectivity index (χ1) is 6.45. The molecule has 2 rings (SSSR count). The summed E-state index contributed by atoms with van der Waals surface area (Å²) in [6.45, 7) is 0. The van der Waals surface area contributed by atoms with Crippen LogP contribution in [0.2, 0.25) is 0 Å². The quantitative estimate of drug-likeness (QED) is 0.689. The molecule has 0 saturated heterocycles. The van der Waals surface area contributed by atoms with Gasteiger partial charge in [-0.15, -0.1) is 0 Å². The maximum Gasteiger partial charge on any atom is 0.0303 e. The van der Waals surface area contributed by atoms with Crippen LogP contribution in [0.5, 0.6) is 0 Å². The van der Waals surface area contributed by atoms with Crippen LogP contribution in [0.4, 0.5) is 0 Å². The zero-order chi connectivity index (χ0) is 8.93. The summed E-state index contributed by atoms with van der Waals surface area (Å²) in [7, 11) is 0.